The van der Waals surface area contributed by atoms with Gasteiger partial charge in [0, 0.05) is 31.8 Å². The Bertz CT molecular complexity index is 1670. The van der Waals surface area contributed by atoms with Crippen LogP contribution < -0.4 is 0 Å². The molecule has 10 bridgehead atoms. The summed E-state index contributed by atoms with van der Waals surface area (Å²) >= 11 is 0. The summed E-state index contributed by atoms with van der Waals surface area (Å²) in [4.78, 5) is 0. The number of fused-ring (bicyclic) bond motifs is 14. The minimum Gasteiger partial charge on any atom is -0.381 e. The molecule has 15 aliphatic rings. The third kappa shape index (κ3) is 11.9. The van der Waals surface area contributed by atoms with E-state index in [-0.39, 0.29) is 0 Å². The first-order valence-electron chi connectivity index (χ1n) is 29.1. The molecular formula is C61H92O6. The molecule has 0 N–H and O–H groups in total. The molecule has 372 valence electrons. The fourth-order valence-electron chi connectivity index (χ4n) is 16.8. The Hall–Kier alpha value is -1.54. The molecule has 5 heterocycles. The Kier molecular flexibility index (Phi) is 16.3. The quantitative estimate of drug-likeness (QED) is 0.136. The second-order valence-electron chi connectivity index (χ2n) is 24.9. The monoisotopic (exact) mass is 921 g/mol. The third-order valence-corrected chi connectivity index (χ3v) is 20.6. The first kappa shape index (κ1) is 47.8. The van der Waals surface area contributed by atoms with Crippen molar-refractivity contribution >= 4 is 0 Å². The summed E-state index contributed by atoms with van der Waals surface area (Å²) in [6.45, 7) is 8.86. The van der Waals surface area contributed by atoms with Crippen LogP contribution >= 0.6 is 0 Å². The van der Waals surface area contributed by atoms with Crippen LogP contribution in [-0.2, 0) is 28.4 Å². The molecule has 67 heavy (non-hydrogen) atoms. The van der Waals surface area contributed by atoms with Crippen LogP contribution in [0.2, 0.25) is 0 Å². The first-order chi connectivity index (χ1) is 33.1. The highest BCUT2D eigenvalue weighted by Crippen LogP contribution is 2.56. The van der Waals surface area contributed by atoms with Crippen molar-refractivity contribution in [3.8, 4) is 0 Å². The Morgan fingerprint density at radius 3 is 1.52 bits per heavy atom. The number of hydrogen-bond acceptors (Lipinski definition) is 6. The maximum Gasteiger partial charge on any atom is 0.0809 e. The summed E-state index contributed by atoms with van der Waals surface area (Å²) < 4.78 is 33.6. The molecule has 1 spiro atoms. The number of ether oxygens (including phenoxy) is 6. The zero-order valence-corrected chi connectivity index (χ0v) is 41.7. The number of unbranched alkanes of at least 4 members (excludes halogenated alkanes) is 2. The van der Waals surface area contributed by atoms with Gasteiger partial charge >= 0.3 is 0 Å². The maximum absolute atomic E-state index is 5.80. The molecule has 0 amide bonds. The van der Waals surface area contributed by atoms with Crippen molar-refractivity contribution in [2.75, 3.05) is 59.5 Å². The summed E-state index contributed by atoms with van der Waals surface area (Å²) in [7, 11) is 0. The Morgan fingerprint density at radius 2 is 1.00 bits per heavy atom. The Labute approximate surface area is 407 Å². The minimum absolute atomic E-state index is 0.388. The zero-order chi connectivity index (χ0) is 44.8. The van der Waals surface area contributed by atoms with E-state index in [0.717, 1.165) is 148 Å². The van der Waals surface area contributed by atoms with Gasteiger partial charge in [0.15, 0.2) is 0 Å². The van der Waals surface area contributed by atoms with Crippen molar-refractivity contribution in [1.29, 1.82) is 0 Å². The summed E-state index contributed by atoms with van der Waals surface area (Å²) in [5.74, 6) is 13.6. The van der Waals surface area contributed by atoms with E-state index in [1.165, 1.54) is 148 Å². The zero-order valence-electron chi connectivity index (χ0n) is 41.7. The lowest BCUT2D eigenvalue weighted by Crippen LogP contribution is -2.25. The van der Waals surface area contributed by atoms with E-state index in [1.54, 1.807) is 0 Å². The highest BCUT2D eigenvalue weighted by Gasteiger charge is 2.50. The largest absolute Gasteiger partial charge is 0.381 e. The van der Waals surface area contributed by atoms with Crippen molar-refractivity contribution in [1.82, 2.24) is 0 Å². The molecule has 5 aliphatic heterocycles. The van der Waals surface area contributed by atoms with E-state index in [2.05, 4.69) is 60.8 Å². The van der Waals surface area contributed by atoms with Gasteiger partial charge in [0.2, 0.25) is 0 Å². The van der Waals surface area contributed by atoms with E-state index in [1.807, 2.05) is 0 Å². The summed E-state index contributed by atoms with van der Waals surface area (Å²) in [6, 6.07) is 0. The van der Waals surface area contributed by atoms with E-state index in [9.17, 15) is 0 Å². The molecule has 6 heteroatoms. The topological polar surface area (TPSA) is 55.4 Å². The molecular weight excluding hydrogens is 829 g/mol. The van der Waals surface area contributed by atoms with Gasteiger partial charge in [-0.25, -0.2) is 0 Å². The van der Waals surface area contributed by atoms with Crippen LogP contribution in [0, 0.1) is 94.2 Å². The van der Waals surface area contributed by atoms with E-state index in [0.29, 0.717) is 23.7 Å². The van der Waals surface area contributed by atoms with Gasteiger partial charge in [0.1, 0.15) is 0 Å². The molecule has 10 fully saturated rings. The number of allylic oxidation sites excluding steroid dienone is 10. The molecule has 15 rings (SSSR count). The number of rotatable bonds is 13. The third-order valence-electron chi connectivity index (χ3n) is 20.6. The average molecular weight is 921 g/mol. The lowest BCUT2D eigenvalue weighted by atomic mass is 9.75. The molecule has 19 unspecified atom stereocenters. The standard InChI is InChI=1S/C16H26O.C13H20O2.C13H20O.C10H14O.C9H12O/c1(3-6-16-7-4-10-17-16)2-5-14-11-13-8-9-15(14)12-13;1-2-13(15-5-1)9-14-8-12-7-10-3-4-11(12)6-10;1-2-13(14-7-1)6-5-12-9-10-3-4-11(12)8-10;1-2-9-5-8(1)6-10(9)3-4-11-7-10;1-2-7-3-6(1)8-4-10-5-9(7)8/h8-9,13-16H,1-7,10-12H2;3-4,10-13H,1-2,5-9H2;3-4,10-13H,1-2,5-9H2;1-2,8-9H,3-7H2;1-2,6-9H,3-5H2. The van der Waals surface area contributed by atoms with Crippen molar-refractivity contribution < 1.29 is 28.4 Å². The maximum atomic E-state index is 5.80. The molecule has 0 aromatic carbocycles. The van der Waals surface area contributed by atoms with E-state index in [4.69, 9.17) is 28.4 Å². The van der Waals surface area contributed by atoms with Gasteiger partial charge in [-0.1, -0.05) is 80.0 Å². The van der Waals surface area contributed by atoms with E-state index >= 15 is 0 Å². The normalized spacial score (nSPS) is 46.1. The molecule has 5 saturated heterocycles. The molecule has 0 aromatic heterocycles. The lowest BCUT2D eigenvalue weighted by Gasteiger charge is -2.28. The van der Waals surface area contributed by atoms with Crippen LogP contribution in [0.5, 0.6) is 0 Å². The smallest absolute Gasteiger partial charge is 0.0809 e. The minimum atomic E-state index is 0.388. The SMILES string of the molecule is C1=CC2CC1C1COCC21.C1=CC2CC1CC21CCOC1.C1=CC2CC1CC2CCC1CCCO1.C1=CC2CC1CC2CCCCCC1CCCO1.C1=CC2CC1CC2COCC1CCCO1. The van der Waals surface area contributed by atoms with Gasteiger partial charge in [0.25, 0.3) is 0 Å². The van der Waals surface area contributed by atoms with Gasteiger partial charge in [-0.3, -0.25) is 0 Å². The van der Waals surface area contributed by atoms with Gasteiger partial charge in [-0.2, -0.15) is 0 Å². The second-order valence-corrected chi connectivity index (χ2v) is 24.9. The molecule has 0 aromatic rings. The van der Waals surface area contributed by atoms with Crippen molar-refractivity contribution in [2.45, 2.75) is 166 Å². The summed E-state index contributed by atoms with van der Waals surface area (Å²) in [5.41, 5.74) is 0.597. The van der Waals surface area contributed by atoms with Crippen LogP contribution in [0.15, 0.2) is 60.8 Å². The number of hydrogen-bond donors (Lipinski definition) is 0. The van der Waals surface area contributed by atoms with Crippen molar-refractivity contribution in [3.05, 3.63) is 60.8 Å². The fourth-order valence-corrected chi connectivity index (χ4v) is 16.8. The van der Waals surface area contributed by atoms with Crippen LogP contribution in [0.3, 0.4) is 0 Å². The van der Waals surface area contributed by atoms with Crippen molar-refractivity contribution in [3.63, 3.8) is 0 Å². The highest BCUT2D eigenvalue weighted by atomic mass is 16.5. The van der Waals surface area contributed by atoms with Crippen LogP contribution in [-0.4, -0.2) is 77.8 Å². The van der Waals surface area contributed by atoms with Crippen LogP contribution in [0.1, 0.15) is 148 Å². The Balaban J connectivity index is 0.0000000931. The van der Waals surface area contributed by atoms with Gasteiger partial charge in [-0.05, 0) is 217 Å². The average Bonchev–Trinajstić information content (AvgIpc) is 4.20. The second kappa shape index (κ2) is 22.9. The first-order valence-corrected chi connectivity index (χ1v) is 29.1. The van der Waals surface area contributed by atoms with Gasteiger partial charge in [0.05, 0.1) is 51.3 Å². The highest BCUT2D eigenvalue weighted by molar-refractivity contribution is 5.17. The van der Waals surface area contributed by atoms with Crippen LogP contribution in [0.25, 0.3) is 0 Å². The molecule has 10 aliphatic carbocycles. The molecule has 5 saturated carbocycles. The van der Waals surface area contributed by atoms with Gasteiger partial charge < -0.3 is 28.4 Å². The molecule has 19 atom stereocenters. The predicted molar refractivity (Wildman–Crippen MR) is 268 cm³/mol. The van der Waals surface area contributed by atoms with Crippen molar-refractivity contribution in [2.24, 2.45) is 94.2 Å². The lowest BCUT2D eigenvalue weighted by molar-refractivity contribution is 0.00239. The fraction of sp³-hybridized carbons (Fsp3) is 0.836. The Morgan fingerprint density at radius 1 is 0.433 bits per heavy atom. The molecule has 6 nitrogen and oxygen atoms in total. The van der Waals surface area contributed by atoms with Gasteiger partial charge in [-0.15, -0.1) is 0 Å². The van der Waals surface area contributed by atoms with E-state index < -0.39 is 0 Å². The summed E-state index contributed by atoms with van der Waals surface area (Å²) in [6.07, 6.45) is 57.5. The van der Waals surface area contributed by atoms with Crippen LogP contribution in [0.4, 0.5) is 0 Å². The predicted octanol–water partition coefficient (Wildman–Crippen LogP) is 13.3. The molecule has 0 radical (unpaired) electrons. The summed E-state index contributed by atoms with van der Waals surface area (Å²) in [5, 5.41) is 0.